The molecule has 0 saturated carbocycles. The Labute approximate surface area is 130 Å². The van der Waals surface area contributed by atoms with Gasteiger partial charge >= 0.3 is 0 Å². The molecule has 1 heterocycles. The third-order valence-corrected chi connectivity index (χ3v) is 3.17. The van der Waals surface area contributed by atoms with Gasteiger partial charge in [-0.25, -0.2) is 4.98 Å². The van der Waals surface area contributed by atoms with E-state index in [1.165, 1.54) is 0 Å². The number of amides is 1. The van der Waals surface area contributed by atoms with Crippen LogP contribution in [0.4, 0.5) is 0 Å². The lowest BCUT2D eigenvalue weighted by molar-refractivity contribution is 0.0949. The van der Waals surface area contributed by atoms with Crippen molar-refractivity contribution in [3.05, 3.63) is 53.7 Å². The van der Waals surface area contributed by atoms with E-state index in [0.29, 0.717) is 31.0 Å². The van der Waals surface area contributed by atoms with E-state index >= 15 is 0 Å². The summed E-state index contributed by atoms with van der Waals surface area (Å²) in [6.45, 7) is 2.84. The number of carbonyl (C=O) groups is 1. The average Bonchev–Trinajstić information content (AvgIpc) is 2.56. The number of para-hydroxylation sites is 1. The van der Waals surface area contributed by atoms with Gasteiger partial charge in [-0.05, 0) is 37.1 Å². The zero-order valence-corrected chi connectivity index (χ0v) is 12.8. The molecule has 0 radical (unpaired) electrons. The molecule has 1 aromatic heterocycles. The number of hydrogen-bond acceptors (Lipinski definition) is 4. The third kappa shape index (κ3) is 3.97. The average molecular weight is 300 g/mol. The summed E-state index contributed by atoms with van der Waals surface area (Å²) in [4.78, 5) is 16.3. The minimum atomic E-state index is -0.188. The number of pyridine rings is 1. The first kappa shape index (κ1) is 15.8. The lowest BCUT2D eigenvalue weighted by Crippen LogP contribution is -2.26. The molecule has 22 heavy (non-hydrogen) atoms. The first-order valence-corrected chi connectivity index (χ1v) is 7.24. The summed E-state index contributed by atoms with van der Waals surface area (Å²) < 4.78 is 10.7. The molecule has 0 aliphatic heterocycles. The first-order chi connectivity index (χ1) is 10.8. The summed E-state index contributed by atoms with van der Waals surface area (Å²) in [5.74, 6) is 0.999. The predicted molar refractivity (Wildman–Crippen MR) is 84.4 cm³/mol. The Morgan fingerprint density at radius 1 is 1.23 bits per heavy atom. The number of hydrogen-bond donors (Lipinski definition) is 1. The standard InChI is InChI=1S/C17H20N2O3/c1-3-22-17-14(8-6-11-19-17)16(20)18-12-10-13-7-4-5-9-15(13)21-2/h4-9,11H,3,10,12H2,1-2H3,(H,18,20). The van der Waals surface area contributed by atoms with E-state index in [1.807, 2.05) is 31.2 Å². The minimum Gasteiger partial charge on any atom is -0.496 e. The molecule has 5 heteroatoms. The molecule has 116 valence electrons. The fourth-order valence-corrected chi connectivity index (χ4v) is 2.13. The molecule has 1 N–H and O–H groups in total. The SMILES string of the molecule is CCOc1ncccc1C(=O)NCCc1ccccc1OC. The van der Waals surface area contributed by atoms with Gasteiger partial charge in [-0.2, -0.15) is 0 Å². The molecule has 2 aromatic rings. The molecule has 0 atom stereocenters. The van der Waals surface area contributed by atoms with Crippen molar-refractivity contribution in [1.82, 2.24) is 10.3 Å². The zero-order chi connectivity index (χ0) is 15.8. The zero-order valence-electron chi connectivity index (χ0n) is 12.8. The Morgan fingerprint density at radius 2 is 2.05 bits per heavy atom. The van der Waals surface area contributed by atoms with Crippen molar-refractivity contribution in [3.63, 3.8) is 0 Å². The summed E-state index contributed by atoms with van der Waals surface area (Å²) >= 11 is 0. The smallest absolute Gasteiger partial charge is 0.256 e. The van der Waals surface area contributed by atoms with Gasteiger partial charge in [-0.1, -0.05) is 18.2 Å². The topological polar surface area (TPSA) is 60.5 Å². The van der Waals surface area contributed by atoms with E-state index in [9.17, 15) is 4.79 Å². The fraction of sp³-hybridized carbons (Fsp3) is 0.294. The number of methoxy groups -OCH3 is 1. The van der Waals surface area contributed by atoms with Crippen LogP contribution in [0.3, 0.4) is 0 Å². The highest BCUT2D eigenvalue weighted by Gasteiger charge is 2.12. The molecule has 1 amide bonds. The van der Waals surface area contributed by atoms with Gasteiger partial charge in [0.05, 0.1) is 13.7 Å². The van der Waals surface area contributed by atoms with Gasteiger partial charge in [0.1, 0.15) is 11.3 Å². The van der Waals surface area contributed by atoms with E-state index in [4.69, 9.17) is 9.47 Å². The lowest BCUT2D eigenvalue weighted by atomic mass is 10.1. The van der Waals surface area contributed by atoms with Gasteiger partial charge in [0.15, 0.2) is 0 Å². The maximum atomic E-state index is 12.2. The highest BCUT2D eigenvalue weighted by atomic mass is 16.5. The molecular formula is C17H20N2O3. The van der Waals surface area contributed by atoms with Gasteiger partial charge in [0, 0.05) is 12.7 Å². The van der Waals surface area contributed by atoms with Crippen molar-refractivity contribution in [2.45, 2.75) is 13.3 Å². The van der Waals surface area contributed by atoms with E-state index < -0.39 is 0 Å². The fourth-order valence-electron chi connectivity index (χ4n) is 2.13. The molecule has 0 spiro atoms. The van der Waals surface area contributed by atoms with E-state index in [-0.39, 0.29) is 5.91 Å². The number of rotatable bonds is 7. The molecule has 0 fully saturated rings. The van der Waals surface area contributed by atoms with Crippen LogP contribution < -0.4 is 14.8 Å². The van der Waals surface area contributed by atoms with Gasteiger partial charge < -0.3 is 14.8 Å². The first-order valence-electron chi connectivity index (χ1n) is 7.24. The monoisotopic (exact) mass is 300 g/mol. The van der Waals surface area contributed by atoms with E-state index in [2.05, 4.69) is 10.3 Å². The molecular weight excluding hydrogens is 280 g/mol. The number of nitrogens with one attached hydrogen (secondary N) is 1. The van der Waals surface area contributed by atoms with Gasteiger partial charge in [0.2, 0.25) is 5.88 Å². The molecule has 0 bridgehead atoms. The Balaban J connectivity index is 1.96. The second kappa shape index (κ2) is 8.02. The van der Waals surface area contributed by atoms with Crippen LogP contribution in [0.1, 0.15) is 22.8 Å². The normalized spacial score (nSPS) is 10.1. The summed E-state index contributed by atoms with van der Waals surface area (Å²) in [7, 11) is 1.64. The van der Waals surface area contributed by atoms with Crippen LogP contribution in [0.2, 0.25) is 0 Å². The maximum absolute atomic E-state index is 12.2. The summed E-state index contributed by atoms with van der Waals surface area (Å²) in [6.07, 6.45) is 2.30. The molecule has 0 unspecified atom stereocenters. The lowest BCUT2D eigenvalue weighted by Gasteiger charge is -2.11. The van der Waals surface area contributed by atoms with Crippen LogP contribution in [0, 0.1) is 0 Å². The van der Waals surface area contributed by atoms with Crippen molar-refractivity contribution in [3.8, 4) is 11.6 Å². The summed E-state index contributed by atoms with van der Waals surface area (Å²) in [5.41, 5.74) is 1.51. The number of benzene rings is 1. The second-order valence-electron chi connectivity index (χ2n) is 4.61. The molecule has 1 aromatic carbocycles. The molecule has 0 aliphatic carbocycles. The van der Waals surface area contributed by atoms with Crippen molar-refractivity contribution < 1.29 is 14.3 Å². The van der Waals surface area contributed by atoms with Gasteiger partial charge in [-0.15, -0.1) is 0 Å². The van der Waals surface area contributed by atoms with Crippen molar-refractivity contribution in [2.24, 2.45) is 0 Å². The molecule has 0 saturated heterocycles. The Morgan fingerprint density at radius 3 is 2.82 bits per heavy atom. The van der Waals surface area contributed by atoms with E-state index in [0.717, 1.165) is 11.3 Å². The third-order valence-electron chi connectivity index (χ3n) is 3.17. The highest BCUT2D eigenvalue weighted by Crippen LogP contribution is 2.17. The maximum Gasteiger partial charge on any atom is 0.256 e. The summed E-state index contributed by atoms with van der Waals surface area (Å²) in [5, 5.41) is 2.88. The quantitative estimate of drug-likeness (QED) is 0.853. The van der Waals surface area contributed by atoms with Crippen molar-refractivity contribution in [2.75, 3.05) is 20.3 Å². The van der Waals surface area contributed by atoms with Crippen LogP contribution in [0.15, 0.2) is 42.6 Å². The van der Waals surface area contributed by atoms with E-state index in [1.54, 1.807) is 25.4 Å². The molecule has 5 nitrogen and oxygen atoms in total. The molecule has 2 rings (SSSR count). The number of ether oxygens (including phenoxy) is 2. The number of nitrogens with zero attached hydrogens (tertiary/aromatic N) is 1. The van der Waals surface area contributed by atoms with Crippen LogP contribution in [-0.2, 0) is 6.42 Å². The second-order valence-corrected chi connectivity index (χ2v) is 4.61. The minimum absolute atomic E-state index is 0.188. The Kier molecular flexibility index (Phi) is 5.77. The van der Waals surface area contributed by atoms with Crippen molar-refractivity contribution in [1.29, 1.82) is 0 Å². The predicted octanol–water partition coefficient (Wildman–Crippen LogP) is 2.46. The van der Waals surface area contributed by atoms with Crippen molar-refractivity contribution >= 4 is 5.91 Å². The Bertz CT molecular complexity index is 629. The molecule has 0 aliphatic rings. The highest BCUT2D eigenvalue weighted by molar-refractivity contribution is 5.96. The van der Waals surface area contributed by atoms with Crippen LogP contribution in [0.5, 0.6) is 11.6 Å². The van der Waals surface area contributed by atoms with Gasteiger partial charge in [0.25, 0.3) is 5.91 Å². The summed E-state index contributed by atoms with van der Waals surface area (Å²) in [6, 6.07) is 11.2. The van der Waals surface area contributed by atoms with Crippen LogP contribution in [0.25, 0.3) is 0 Å². The number of aromatic nitrogens is 1. The Hall–Kier alpha value is -2.56. The van der Waals surface area contributed by atoms with Crippen LogP contribution in [-0.4, -0.2) is 31.2 Å². The van der Waals surface area contributed by atoms with Gasteiger partial charge in [-0.3, -0.25) is 4.79 Å². The number of carbonyl (C=O) groups excluding carboxylic acids is 1. The van der Waals surface area contributed by atoms with Crippen LogP contribution >= 0.6 is 0 Å². The largest absolute Gasteiger partial charge is 0.496 e.